The van der Waals surface area contributed by atoms with Crippen LogP contribution in [0.5, 0.6) is 0 Å². The van der Waals surface area contributed by atoms with Gasteiger partial charge in [-0.3, -0.25) is 4.99 Å². The number of aliphatic imine (C=N–C) groups is 1. The summed E-state index contributed by atoms with van der Waals surface area (Å²) in [5, 5.41) is 7.66. The van der Waals surface area contributed by atoms with Gasteiger partial charge >= 0.3 is 0 Å². The normalized spacial score (nSPS) is 15.8. The van der Waals surface area contributed by atoms with Gasteiger partial charge < -0.3 is 0 Å². The van der Waals surface area contributed by atoms with Crippen LogP contribution in [0.4, 0.5) is 0 Å². The summed E-state index contributed by atoms with van der Waals surface area (Å²) in [6.45, 7) is 9.49. The molecule has 0 aromatic rings. The summed E-state index contributed by atoms with van der Waals surface area (Å²) in [6.07, 6.45) is 12.5. The summed E-state index contributed by atoms with van der Waals surface area (Å²) in [6, 6.07) is 0. The van der Waals surface area contributed by atoms with E-state index in [0.29, 0.717) is 0 Å². The van der Waals surface area contributed by atoms with Crippen LogP contribution in [0, 0.1) is 5.92 Å². The largest absolute Gasteiger partial charge is 0.265 e. The molecule has 0 saturated carbocycles. The number of nitrogens with zero attached hydrogens (tertiary/aromatic N) is 3. The van der Waals surface area contributed by atoms with Gasteiger partial charge in [-0.1, -0.05) is 31.7 Å². The van der Waals surface area contributed by atoms with E-state index in [0.717, 1.165) is 5.57 Å². The lowest BCUT2D eigenvalue weighted by Crippen LogP contribution is -1.96. The van der Waals surface area contributed by atoms with Crippen molar-refractivity contribution in [1.29, 1.82) is 0 Å². The van der Waals surface area contributed by atoms with Crippen molar-refractivity contribution in [3.8, 4) is 0 Å². The summed E-state index contributed by atoms with van der Waals surface area (Å²) >= 11 is 0. The maximum atomic E-state index is 3.99. The molecule has 0 rings (SSSR count). The summed E-state index contributed by atoms with van der Waals surface area (Å²) < 4.78 is 0. The molecule has 1 atom stereocenters. The van der Waals surface area contributed by atoms with E-state index in [9.17, 15) is 0 Å². The monoisotopic (exact) mass is 217 g/mol. The fraction of sp³-hybridized carbons (Fsp3) is 0.308. The van der Waals surface area contributed by atoms with Gasteiger partial charge in [-0.2, -0.15) is 10.2 Å². The van der Waals surface area contributed by atoms with E-state index in [4.69, 9.17) is 0 Å². The summed E-state index contributed by atoms with van der Waals surface area (Å²) in [5.74, 6) is 0.262. The van der Waals surface area contributed by atoms with Crippen LogP contribution in [0.3, 0.4) is 0 Å². The van der Waals surface area contributed by atoms with Crippen LogP contribution >= 0.6 is 0 Å². The highest BCUT2D eigenvalue weighted by Gasteiger charge is 2.00. The van der Waals surface area contributed by atoms with Gasteiger partial charge in [0.05, 0.1) is 0 Å². The highest BCUT2D eigenvalue weighted by atomic mass is 15.1. The number of hydrogen-bond donors (Lipinski definition) is 0. The van der Waals surface area contributed by atoms with Crippen LogP contribution < -0.4 is 0 Å². The van der Waals surface area contributed by atoms with Crippen LogP contribution in [-0.2, 0) is 0 Å². The van der Waals surface area contributed by atoms with Crippen molar-refractivity contribution in [3.05, 3.63) is 49.0 Å². The Kier molecular flexibility index (Phi) is 8.69. The Labute approximate surface area is 97.7 Å². The predicted octanol–water partition coefficient (Wildman–Crippen LogP) is 4.28. The van der Waals surface area contributed by atoms with Crippen molar-refractivity contribution in [3.63, 3.8) is 0 Å². The zero-order chi connectivity index (χ0) is 12.2. The molecule has 0 bridgehead atoms. The number of allylic oxidation sites excluding steroid dienone is 4. The van der Waals surface area contributed by atoms with Gasteiger partial charge in [-0.05, 0) is 19.4 Å². The molecule has 0 aliphatic carbocycles. The minimum atomic E-state index is 0.262. The number of azo groups is 1. The molecule has 0 aromatic heterocycles. The number of hydrogen-bond acceptors (Lipinski definition) is 3. The molecule has 0 aliphatic rings. The van der Waals surface area contributed by atoms with Crippen molar-refractivity contribution in [2.24, 2.45) is 21.1 Å². The van der Waals surface area contributed by atoms with Crippen LogP contribution in [0.15, 0.2) is 64.2 Å². The molecule has 0 heterocycles. The Morgan fingerprint density at radius 2 is 1.88 bits per heavy atom. The molecule has 0 spiro atoms. The smallest absolute Gasteiger partial charge is 0.0461 e. The molecule has 3 nitrogen and oxygen atoms in total. The van der Waals surface area contributed by atoms with E-state index in [1.165, 1.54) is 6.20 Å². The van der Waals surface area contributed by atoms with Gasteiger partial charge in [0.25, 0.3) is 0 Å². The minimum Gasteiger partial charge on any atom is -0.265 e. The first-order chi connectivity index (χ1) is 7.76. The molecule has 0 saturated heterocycles. The molecular formula is C13H19N3. The van der Waals surface area contributed by atoms with Crippen molar-refractivity contribution in [2.75, 3.05) is 0 Å². The molecule has 0 fully saturated rings. The third kappa shape index (κ3) is 6.65. The molecule has 0 aliphatic heterocycles. The lowest BCUT2D eigenvalue weighted by atomic mass is 10.0. The van der Waals surface area contributed by atoms with E-state index in [1.807, 2.05) is 32.1 Å². The predicted molar refractivity (Wildman–Crippen MR) is 70.4 cm³/mol. The standard InChI is InChI=1S/C13H19N3/c1-5-9-15-16-10-8-12(4)13(6-2)11-14-7-3/h5-12H,3H2,1-2,4H3/b9-5-,10-8+,13-6+,14-11-,16-15-. The van der Waals surface area contributed by atoms with Gasteiger partial charge in [0.15, 0.2) is 0 Å². The van der Waals surface area contributed by atoms with Crippen LogP contribution in [0.2, 0.25) is 0 Å². The van der Waals surface area contributed by atoms with Gasteiger partial charge in [0.1, 0.15) is 0 Å². The van der Waals surface area contributed by atoms with Crippen LogP contribution in [0.25, 0.3) is 0 Å². The third-order valence-corrected chi connectivity index (χ3v) is 1.91. The van der Waals surface area contributed by atoms with Gasteiger partial charge in [-0.15, -0.1) is 0 Å². The Balaban J connectivity index is 4.37. The van der Waals surface area contributed by atoms with E-state index in [2.05, 4.69) is 28.7 Å². The quantitative estimate of drug-likeness (QED) is 0.470. The Hall–Kier alpha value is -1.77. The van der Waals surface area contributed by atoms with Crippen molar-refractivity contribution >= 4 is 6.21 Å². The van der Waals surface area contributed by atoms with Crippen LogP contribution in [-0.4, -0.2) is 6.21 Å². The maximum Gasteiger partial charge on any atom is 0.0461 e. The molecular weight excluding hydrogens is 198 g/mol. The first-order valence-electron chi connectivity index (χ1n) is 5.24. The van der Waals surface area contributed by atoms with E-state index in [-0.39, 0.29) is 5.92 Å². The highest BCUT2D eigenvalue weighted by Crippen LogP contribution is 2.10. The SMILES string of the molecule is C=C/N=C\C(=C/C)C(C)/C=C/N=N\C=C/C. The molecule has 0 aromatic carbocycles. The molecule has 0 N–H and O–H groups in total. The molecule has 3 heteroatoms. The van der Waals surface area contributed by atoms with Gasteiger partial charge in [0, 0.05) is 30.7 Å². The molecule has 1 unspecified atom stereocenters. The zero-order valence-corrected chi connectivity index (χ0v) is 10.2. The van der Waals surface area contributed by atoms with Gasteiger partial charge in [0.2, 0.25) is 0 Å². The topological polar surface area (TPSA) is 37.1 Å². The Morgan fingerprint density at radius 1 is 1.19 bits per heavy atom. The average Bonchev–Trinajstić information content (AvgIpc) is 2.30. The summed E-state index contributed by atoms with van der Waals surface area (Å²) in [5.41, 5.74) is 1.12. The van der Waals surface area contributed by atoms with Crippen LogP contribution in [0.1, 0.15) is 20.8 Å². The zero-order valence-electron chi connectivity index (χ0n) is 10.2. The van der Waals surface area contributed by atoms with Crippen molar-refractivity contribution in [1.82, 2.24) is 0 Å². The molecule has 0 radical (unpaired) electrons. The second-order valence-corrected chi connectivity index (χ2v) is 3.09. The summed E-state index contributed by atoms with van der Waals surface area (Å²) in [4.78, 5) is 3.99. The van der Waals surface area contributed by atoms with E-state index < -0.39 is 0 Å². The molecule has 16 heavy (non-hydrogen) atoms. The van der Waals surface area contributed by atoms with E-state index >= 15 is 0 Å². The highest BCUT2D eigenvalue weighted by molar-refractivity contribution is 5.79. The maximum absolute atomic E-state index is 3.99. The summed E-state index contributed by atoms with van der Waals surface area (Å²) in [7, 11) is 0. The molecule has 86 valence electrons. The fourth-order valence-corrected chi connectivity index (χ4v) is 1.02. The molecule has 0 amide bonds. The minimum absolute atomic E-state index is 0.262. The van der Waals surface area contributed by atoms with Crippen molar-refractivity contribution in [2.45, 2.75) is 20.8 Å². The second-order valence-electron chi connectivity index (χ2n) is 3.09. The van der Waals surface area contributed by atoms with E-state index in [1.54, 1.807) is 18.6 Å². The number of rotatable bonds is 6. The Bertz CT molecular complexity index is 333. The van der Waals surface area contributed by atoms with Gasteiger partial charge in [-0.25, -0.2) is 0 Å². The second kappa shape index (κ2) is 9.77. The first-order valence-corrected chi connectivity index (χ1v) is 5.24. The van der Waals surface area contributed by atoms with Crippen molar-refractivity contribution < 1.29 is 0 Å². The third-order valence-electron chi connectivity index (χ3n) is 1.91. The fourth-order valence-electron chi connectivity index (χ4n) is 1.02. The lowest BCUT2D eigenvalue weighted by molar-refractivity contribution is 0.900. The Morgan fingerprint density at radius 3 is 2.44 bits per heavy atom. The average molecular weight is 217 g/mol. The first kappa shape index (κ1) is 14.2. The lowest BCUT2D eigenvalue weighted by Gasteiger charge is -2.04.